The molecule has 0 bridgehead atoms. The fourth-order valence-corrected chi connectivity index (χ4v) is 5.22. The molecule has 0 spiro atoms. The van der Waals surface area contributed by atoms with Crippen LogP contribution in [-0.4, -0.2) is 38.8 Å². The molecule has 1 unspecified atom stereocenters. The number of anilines is 1. The van der Waals surface area contributed by atoms with Gasteiger partial charge < -0.3 is 10.1 Å². The van der Waals surface area contributed by atoms with Crippen LogP contribution in [0.2, 0.25) is 0 Å². The third-order valence-corrected chi connectivity index (χ3v) is 7.20. The van der Waals surface area contributed by atoms with Crippen LogP contribution in [0.1, 0.15) is 44.1 Å². The number of ether oxygens (including phenoxy) is 1. The zero-order valence-electron chi connectivity index (χ0n) is 16.9. The van der Waals surface area contributed by atoms with Crippen LogP contribution in [0.25, 0.3) is 0 Å². The van der Waals surface area contributed by atoms with Gasteiger partial charge in [0.05, 0.1) is 23.6 Å². The molecule has 156 valence electrons. The number of benzene rings is 2. The van der Waals surface area contributed by atoms with Crippen LogP contribution in [-0.2, 0) is 14.8 Å². The van der Waals surface area contributed by atoms with Crippen molar-refractivity contribution in [2.24, 2.45) is 0 Å². The zero-order chi connectivity index (χ0) is 20.9. The second kappa shape index (κ2) is 9.41. The Labute approximate surface area is 172 Å². The van der Waals surface area contributed by atoms with Gasteiger partial charge in [-0.3, -0.25) is 4.79 Å². The molecule has 1 aliphatic heterocycles. The number of carbonyl (C=O) groups excluding carboxylic acids is 1. The fourth-order valence-electron chi connectivity index (χ4n) is 3.68. The van der Waals surface area contributed by atoms with Gasteiger partial charge in [-0.2, -0.15) is 4.31 Å². The number of carbonyl (C=O) groups is 1. The Morgan fingerprint density at radius 1 is 1.10 bits per heavy atom. The number of piperidine rings is 1. The molecule has 1 fully saturated rings. The minimum atomic E-state index is -3.60. The van der Waals surface area contributed by atoms with Gasteiger partial charge in [-0.1, -0.05) is 43.7 Å². The second-order valence-corrected chi connectivity index (χ2v) is 9.13. The molecular formula is C22H28N2O4S. The van der Waals surface area contributed by atoms with E-state index in [2.05, 4.69) is 5.32 Å². The Morgan fingerprint density at radius 3 is 2.41 bits per heavy atom. The van der Waals surface area contributed by atoms with Crippen LogP contribution in [0.15, 0.2) is 53.4 Å². The summed E-state index contributed by atoms with van der Waals surface area (Å²) in [5.74, 6) is -0.0911. The average molecular weight is 417 g/mol. The third-order valence-electron chi connectivity index (χ3n) is 5.31. The standard InChI is InChI=1S/C22H28N2O4S/c1-3-19(17-10-6-4-7-11-17)22(25)23-20-16-18(12-13-21(20)28-2)29(26,27)24-14-8-5-9-15-24/h4,6-7,10-13,16,19H,3,5,8-9,14-15H2,1-2H3,(H,23,25). The highest BCUT2D eigenvalue weighted by Crippen LogP contribution is 2.31. The molecule has 0 aliphatic carbocycles. The van der Waals surface area contributed by atoms with Crippen LogP contribution in [0.4, 0.5) is 5.69 Å². The molecule has 6 nitrogen and oxygen atoms in total. The van der Waals surface area contributed by atoms with Crippen molar-refractivity contribution in [3.63, 3.8) is 0 Å². The molecule has 0 saturated carbocycles. The highest BCUT2D eigenvalue weighted by atomic mass is 32.2. The first-order valence-electron chi connectivity index (χ1n) is 10.0. The number of hydrogen-bond acceptors (Lipinski definition) is 4. The summed E-state index contributed by atoms with van der Waals surface area (Å²) >= 11 is 0. The second-order valence-electron chi connectivity index (χ2n) is 7.19. The minimum Gasteiger partial charge on any atom is -0.495 e. The van der Waals surface area contributed by atoms with Crippen LogP contribution >= 0.6 is 0 Å². The van der Waals surface area contributed by atoms with Gasteiger partial charge in [0.1, 0.15) is 5.75 Å². The first kappa shape index (κ1) is 21.3. The van der Waals surface area contributed by atoms with E-state index >= 15 is 0 Å². The summed E-state index contributed by atoms with van der Waals surface area (Å²) in [6.45, 7) is 3.01. The Bertz CT molecular complexity index is 939. The van der Waals surface area contributed by atoms with Gasteiger partial charge in [0.25, 0.3) is 0 Å². The predicted molar refractivity (Wildman–Crippen MR) is 114 cm³/mol. The van der Waals surface area contributed by atoms with Crippen molar-refractivity contribution in [1.82, 2.24) is 4.31 Å². The van der Waals surface area contributed by atoms with E-state index in [0.29, 0.717) is 30.9 Å². The Hall–Kier alpha value is -2.38. The van der Waals surface area contributed by atoms with E-state index in [9.17, 15) is 13.2 Å². The summed E-state index contributed by atoms with van der Waals surface area (Å²) in [6, 6.07) is 14.2. The van der Waals surface area contributed by atoms with Gasteiger partial charge in [-0.05, 0) is 43.0 Å². The van der Waals surface area contributed by atoms with Gasteiger partial charge in [0, 0.05) is 13.1 Å². The number of rotatable bonds is 7. The topological polar surface area (TPSA) is 75.7 Å². The molecule has 2 aromatic carbocycles. The molecule has 3 rings (SSSR count). The van der Waals surface area contributed by atoms with Gasteiger partial charge in [-0.15, -0.1) is 0 Å². The van der Waals surface area contributed by atoms with E-state index in [0.717, 1.165) is 24.8 Å². The normalized spacial score (nSPS) is 16.2. The summed E-state index contributed by atoms with van der Waals surface area (Å²) < 4.78 is 32.9. The lowest BCUT2D eigenvalue weighted by molar-refractivity contribution is -0.117. The lowest BCUT2D eigenvalue weighted by Crippen LogP contribution is -2.35. The quantitative estimate of drug-likeness (QED) is 0.740. The summed E-state index contributed by atoms with van der Waals surface area (Å²) in [4.78, 5) is 13.1. The summed E-state index contributed by atoms with van der Waals surface area (Å²) in [5.41, 5.74) is 1.29. The van der Waals surface area contributed by atoms with Crippen molar-refractivity contribution in [3.05, 3.63) is 54.1 Å². The Morgan fingerprint density at radius 2 is 1.79 bits per heavy atom. The molecule has 1 N–H and O–H groups in total. The molecule has 7 heteroatoms. The van der Waals surface area contributed by atoms with Crippen LogP contribution in [0.3, 0.4) is 0 Å². The monoisotopic (exact) mass is 416 g/mol. The highest BCUT2D eigenvalue weighted by Gasteiger charge is 2.27. The molecular weight excluding hydrogens is 388 g/mol. The maximum atomic E-state index is 13.0. The predicted octanol–water partition coefficient (Wildman–Crippen LogP) is 4.00. The van der Waals surface area contributed by atoms with Crippen molar-refractivity contribution in [3.8, 4) is 5.75 Å². The largest absolute Gasteiger partial charge is 0.495 e. The van der Waals surface area contributed by atoms with E-state index < -0.39 is 10.0 Å². The SMILES string of the molecule is CCC(C(=O)Nc1cc(S(=O)(=O)N2CCCCC2)ccc1OC)c1ccccc1. The third kappa shape index (κ3) is 4.79. The number of amides is 1. The first-order chi connectivity index (χ1) is 14.0. The fraction of sp³-hybridized carbons (Fsp3) is 0.409. The molecule has 2 aromatic rings. The summed E-state index contributed by atoms with van der Waals surface area (Å²) in [5, 5.41) is 2.88. The Kier molecular flexibility index (Phi) is 6.92. The van der Waals surface area contributed by atoms with E-state index in [-0.39, 0.29) is 16.7 Å². The van der Waals surface area contributed by atoms with Gasteiger partial charge >= 0.3 is 0 Å². The van der Waals surface area contributed by atoms with Crippen molar-refractivity contribution < 1.29 is 17.9 Å². The minimum absolute atomic E-state index is 0.170. The van der Waals surface area contributed by atoms with Crippen LogP contribution in [0, 0.1) is 0 Å². The molecule has 0 aromatic heterocycles. The van der Waals surface area contributed by atoms with Crippen molar-refractivity contribution in [1.29, 1.82) is 0 Å². The Balaban J connectivity index is 1.88. The lowest BCUT2D eigenvalue weighted by atomic mass is 9.95. The maximum Gasteiger partial charge on any atom is 0.243 e. The van der Waals surface area contributed by atoms with Gasteiger partial charge in [-0.25, -0.2) is 8.42 Å². The zero-order valence-corrected chi connectivity index (χ0v) is 17.7. The molecule has 1 atom stereocenters. The smallest absolute Gasteiger partial charge is 0.243 e. The number of hydrogen-bond donors (Lipinski definition) is 1. The molecule has 0 radical (unpaired) electrons. The average Bonchev–Trinajstić information content (AvgIpc) is 2.75. The molecule has 1 aliphatic rings. The number of nitrogens with one attached hydrogen (secondary N) is 1. The van der Waals surface area contributed by atoms with Crippen LogP contribution in [0.5, 0.6) is 5.75 Å². The van der Waals surface area contributed by atoms with E-state index in [1.165, 1.54) is 23.5 Å². The summed E-state index contributed by atoms with van der Waals surface area (Å²) in [6.07, 6.45) is 3.42. The molecule has 29 heavy (non-hydrogen) atoms. The molecule has 1 amide bonds. The molecule has 1 saturated heterocycles. The maximum absolute atomic E-state index is 13.0. The van der Waals surface area contributed by atoms with Crippen LogP contribution < -0.4 is 10.1 Å². The van der Waals surface area contributed by atoms with Crippen molar-refractivity contribution in [2.45, 2.75) is 43.4 Å². The van der Waals surface area contributed by atoms with Gasteiger partial charge in [0.2, 0.25) is 15.9 Å². The lowest BCUT2D eigenvalue weighted by Gasteiger charge is -2.26. The van der Waals surface area contributed by atoms with E-state index in [1.807, 2.05) is 37.3 Å². The number of nitrogens with zero attached hydrogens (tertiary/aromatic N) is 1. The number of methoxy groups -OCH3 is 1. The van der Waals surface area contributed by atoms with E-state index in [4.69, 9.17) is 4.74 Å². The first-order valence-corrected chi connectivity index (χ1v) is 11.5. The van der Waals surface area contributed by atoms with Crippen molar-refractivity contribution in [2.75, 3.05) is 25.5 Å². The number of sulfonamides is 1. The van der Waals surface area contributed by atoms with E-state index in [1.54, 1.807) is 6.07 Å². The van der Waals surface area contributed by atoms with Gasteiger partial charge in [0.15, 0.2) is 0 Å². The highest BCUT2D eigenvalue weighted by molar-refractivity contribution is 7.89. The molecule has 1 heterocycles. The summed E-state index contributed by atoms with van der Waals surface area (Å²) in [7, 11) is -2.10. The van der Waals surface area contributed by atoms with Crippen molar-refractivity contribution >= 4 is 21.6 Å².